The molecule has 0 saturated heterocycles. The van der Waals surface area contributed by atoms with Crippen LogP contribution in [0.15, 0.2) is 30.3 Å². The van der Waals surface area contributed by atoms with Gasteiger partial charge in [-0.2, -0.15) is 4.37 Å². The minimum Gasteiger partial charge on any atom is -0.320 e. The van der Waals surface area contributed by atoms with Gasteiger partial charge in [0.25, 0.3) is 9.70 Å². The van der Waals surface area contributed by atoms with Crippen LogP contribution in [0.3, 0.4) is 0 Å². The highest BCUT2D eigenvalue weighted by Crippen LogP contribution is 2.36. The first-order valence-electron chi connectivity index (χ1n) is 4.74. The maximum atomic E-state index is 11.8. The van der Waals surface area contributed by atoms with E-state index >= 15 is 0 Å². The van der Waals surface area contributed by atoms with Crippen molar-refractivity contribution in [2.75, 3.05) is 5.32 Å². The lowest BCUT2D eigenvalue weighted by atomic mass is 10.3. The van der Waals surface area contributed by atoms with E-state index < -0.39 is 3.79 Å². The first-order valence-corrected chi connectivity index (χ1v) is 6.65. The van der Waals surface area contributed by atoms with Crippen LogP contribution < -0.4 is 5.32 Å². The molecule has 1 aromatic carbocycles. The fraction of sp³-hybridized carbons (Fsp3) is 0.100. The first kappa shape index (κ1) is 13.5. The fourth-order valence-corrected chi connectivity index (χ4v) is 2.15. The molecule has 1 aromatic heterocycles. The third-order valence-corrected chi connectivity index (χ3v) is 3.13. The van der Waals surface area contributed by atoms with Crippen LogP contribution in [0, 0.1) is 0 Å². The summed E-state index contributed by atoms with van der Waals surface area (Å²) in [5, 5.41) is 2.80. The Morgan fingerprint density at radius 2 is 1.89 bits per heavy atom. The molecule has 0 saturated carbocycles. The summed E-state index contributed by atoms with van der Waals surface area (Å²) in [4.78, 5) is 15.7. The molecule has 2 aromatic rings. The maximum absolute atomic E-state index is 11.8. The summed E-state index contributed by atoms with van der Waals surface area (Å²) in [7, 11) is 0. The van der Waals surface area contributed by atoms with E-state index in [1.54, 1.807) is 12.1 Å². The van der Waals surface area contributed by atoms with Crippen molar-refractivity contribution >= 4 is 57.9 Å². The van der Waals surface area contributed by atoms with E-state index in [1.807, 2.05) is 18.2 Å². The lowest BCUT2D eigenvalue weighted by Gasteiger charge is -2.03. The molecule has 0 fully saturated rings. The number of nitrogens with one attached hydrogen (secondary N) is 1. The second-order valence-electron chi connectivity index (χ2n) is 3.24. The molecule has 1 amide bonds. The van der Waals surface area contributed by atoms with Crippen molar-refractivity contribution in [3.63, 3.8) is 0 Å². The van der Waals surface area contributed by atoms with Crippen LogP contribution in [0.2, 0.25) is 0 Å². The van der Waals surface area contributed by atoms with Crippen LogP contribution in [0.5, 0.6) is 0 Å². The fourth-order valence-electron chi connectivity index (χ4n) is 1.14. The van der Waals surface area contributed by atoms with Crippen molar-refractivity contribution in [1.82, 2.24) is 9.36 Å². The minimum atomic E-state index is -1.72. The van der Waals surface area contributed by atoms with Crippen molar-refractivity contribution in [2.24, 2.45) is 0 Å². The highest BCUT2D eigenvalue weighted by atomic mass is 35.6. The average Bonchev–Trinajstić information content (AvgIpc) is 2.79. The monoisotopic (exact) mass is 321 g/mol. The molecule has 0 aliphatic rings. The smallest absolute Gasteiger partial charge is 0.286 e. The number of anilines is 1. The normalized spacial score (nSPS) is 11.3. The molecular formula is C10H6Cl3N3OS. The van der Waals surface area contributed by atoms with Gasteiger partial charge >= 0.3 is 0 Å². The summed E-state index contributed by atoms with van der Waals surface area (Å²) < 4.78 is 2.10. The van der Waals surface area contributed by atoms with Crippen LogP contribution in [0.25, 0.3) is 0 Å². The predicted molar refractivity (Wildman–Crippen MR) is 73.5 cm³/mol. The number of hydrogen-bond acceptors (Lipinski definition) is 4. The standard InChI is InChI=1S/C10H6Cl3N3OS/c11-10(12,13)9-15-8(18-16-9)7(17)14-6-4-2-1-3-5-6/h1-5H,(H,14,17). The zero-order valence-corrected chi connectivity index (χ0v) is 11.8. The van der Waals surface area contributed by atoms with Crippen LogP contribution in [-0.4, -0.2) is 15.3 Å². The number of rotatable bonds is 2. The Hall–Kier alpha value is -0.880. The van der Waals surface area contributed by atoms with Crippen molar-refractivity contribution in [2.45, 2.75) is 3.79 Å². The van der Waals surface area contributed by atoms with Crippen molar-refractivity contribution in [1.29, 1.82) is 0 Å². The molecule has 0 aliphatic carbocycles. The van der Waals surface area contributed by atoms with Gasteiger partial charge in [-0.25, -0.2) is 4.98 Å². The van der Waals surface area contributed by atoms with E-state index in [-0.39, 0.29) is 16.7 Å². The Bertz CT molecular complexity index is 553. The van der Waals surface area contributed by atoms with Gasteiger partial charge < -0.3 is 5.32 Å². The molecule has 0 aliphatic heterocycles. The van der Waals surface area contributed by atoms with Crippen LogP contribution >= 0.6 is 46.3 Å². The zero-order chi connectivity index (χ0) is 13.2. The van der Waals surface area contributed by atoms with Crippen molar-refractivity contribution in [3.8, 4) is 0 Å². The van der Waals surface area contributed by atoms with Gasteiger partial charge in [0.15, 0.2) is 5.82 Å². The number of halogens is 3. The average molecular weight is 323 g/mol. The van der Waals surface area contributed by atoms with Gasteiger partial charge in [0.05, 0.1) is 0 Å². The SMILES string of the molecule is O=C(Nc1ccccc1)c1nc(C(Cl)(Cl)Cl)ns1. The summed E-state index contributed by atoms with van der Waals surface area (Å²) in [6, 6.07) is 8.98. The summed E-state index contributed by atoms with van der Waals surface area (Å²) in [5.41, 5.74) is 0.660. The quantitative estimate of drug-likeness (QED) is 0.859. The van der Waals surface area contributed by atoms with Crippen molar-refractivity contribution < 1.29 is 4.79 Å². The number of hydrogen-bond donors (Lipinski definition) is 1. The highest BCUT2D eigenvalue weighted by molar-refractivity contribution is 7.07. The topological polar surface area (TPSA) is 54.9 Å². The Morgan fingerprint density at radius 1 is 1.22 bits per heavy atom. The zero-order valence-electron chi connectivity index (χ0n) is 8.73. The number of nitrogens with zero attached hydrogens (tertiary/aromatic N) is 2. The summed E-state index contributed by atoms with van der Waals surface area (Å²) in [6.45, 7) is 0. The summed E-state index contributed by atoms with van der Waals surface area (Å²) in [5.74, 6) is -0.394. The molecule has 94 valence electrons. The van der Waals surface area contributed by atoms with E-state index in [9.17, 15) is 4.79 Å². The second kappa shape index (κ2) is 5.40. The summed E-state index contributed by atoms with van der Waals surface area (Å²) >= 11 is 17.7. The summed E-state index contributed by atoms with van der Waals surface area (Å²) in [6.07, 6.45) is 0. The number of para-hydroxylation sites is 1. The lowest BCUT2D eigenvalue weighted by Crippen LogP contribution is -2.12. The van der Waals surface area contributed by atoms with E-state index in [1.165, 1.54) is 0 Å². The van der Waals surface area contributed by atoms with Crippen LogP contribution in [-0.2, 0) is 3.79 Å². The van der Waals surface area contributed by atoms with E-state index in [0.717, 1.165) is 11.5 Å². The molecule has 18 heavy (non-hydrogen) atoms. The molecular weight excluding hydrogens is 317 g/mol. The van der Waals surface area contributed by atoms with Crippen LogP contribution in [0.1, 0.15) is 15.6 Å². The molecule has 0 radical (unpaired) electrons. The van der Waals surface area contributed by atoms with Gasteiger partial charge in [-0.1, -0.05) is 53.0 Å². The van der Waals surface area contributed by atoms with Gasteiger partial charge in [-0.15, -0.1) is 0 Å². The van der Waals surface area contributed by atoms with E-state index in [4.69, 9.17) is 34.8 Å². The molecule has 0 atom stereocenters. The largest absolute Gasteiger partial charge is 0.320 e. The molecule has 0 bridgehead atoms. The number of alkyl halides is 3. The number of benzene rings is 1. The number of amides is 1. The third kappa shape index (κ3) is 3.32. The Labute approximate surface area is 122 Å². The van der Waals surface area contributed by atoms with E-state index in [2.05, 4.69) is 14.7 Å². The van der Waals surface area contributed by atoms with E-state index in [0.29, 0.717) is 5.69 Å². The number of carbonyl (C=O) groups excluding carboxylic acids is 1. The predicted octanol–water partition coefficient (Wildman–Crippen LogP) is 3.62. The van der Waals surface area contributed by atoms with Gasteiger partial charge in [0.2, 0.25) is 5.01 Å². The van der Waals surface area contributed by atoms with Crippen molar-refractivity contribution in [3.05, 3.63) is 41.2 Å². The van der Waals surface area contributed by atoms with Gasteiger partial charge in [-0.05, 0) is 23.7 Å². The molecule has 1 N–H and O–H groups in total. The lowest BCUT2D eigenvalue weighted by molar-refractivity contribution is 0.102. The van der Waals surface area contributed by atoms with Gasteiger partial charge in [-0.3, -0.25) is 4.79 Å². The molecule has 2 rings (SSSR count). The number of carbonyl (C=O) groups is 1. The molecule has 0 unspecified atom stereocenters. The van der Waals surface area contributed by atoms with Gasteiger partial charge in [0.1, 0.15) is 0 Å². The first-order chi connectivity index (χ1) is 8.47. The Morgan fingerprint density at radius 3 is 2.44 bits per heavy atom. The molecule has 1 heterocycles. The molecule has 0 spiro atoms. The van der Waals surface area contributed by atoms with Gasteiger partial charge in [0, 0.05) is 5.69 Å². The second-order valence-corrected chi connectivity index (χ2v) is 6.27. The van der Waals surface area contributed by atoms with Crippen LogP contribution in [0.4, 0.5) is 5.69 Å². The maximum Gasteiger partial charge on any atom is 0.286 e. The minimum absolute atomic E-state index is 0.00397. The molecule has 4 nitrogen and oxygen atoms in total. The Kier molecular flexibility index (Phi) is 4.07. The highest BCUT2D eigenvalue weighted by Gasteiger charge is 2.29. The Balaban J connectivity index is 2.13. The number of aromatic nitrogens is 2. The molecule has 8 heteroatoms. The third-order valence-electron chi connectivity index (χ3n) is 1.91.